The molecule has 14 heteroatoms. The minimum Gasteiger partial charge on any atom is -0.465 e. The third-order valence-corrected chi connectivity index (χ3v) is 5.76. The Bertz CT molecular complexity index is 1670. The molecule has 4 aromatic heterocycles. The van der Waals surface area contributed by atoms with E-state index in [9.17, 15) is 9.59 Å². The van der Waals surface area contributed by atoms with E-state index in [-0.39, 0.29) is 23.8 Å². The summed E-state index contributed by atoms with van der Waals surface area (Å²) in [5, 5.41) is 21.4. The standard InChI is InChI=1S/C24H22FN9O4/c1-24(2,32-23(36)37)22-31-20(33-38-22)21(35)27-9-13-5-4-12(8-16(13)25)15-6-7-26-19-17(15)29-18(30-19)14-10-28-34(3)11-14/h4-8,10-11,32H,9H2,1-3H3,(H,27,35)(H,36,37)(H,26,29,30). The molecule has 0 aliphatic rings. The van der Waals surface area contributed by atoms with Crippen molar-refractivity contribution in [2.75, 3.05) is 0 Å². The molecule has 2 amide bonds. The molecule has 0 fully saturated rings. The van der Waals surface area contributed by atoms with E-state index in [1.54, 1.807) is 35.3 Å². The molecule has 5 aromatic rings. The molecule has 1 aromatic carbocycles. The number of pyridine rings is 1. The van der Waals surface area contributed by atoms with E-state index in [0.29, 0.717) is 28.1 Å². The number of rotatable bonds is 7. The van der Waals surface area contributed by atoms with Crippen molar-refractivity contribution in [3.05, 3.63) is 66.0 Å². The van der Waals surface area contributed by atoms with Crippen LogP contribution in [0.15, 0.2) is 47.4 Å². The lowest BCUT2D eigenvalue weighted by atomic mass is 10.0. The summed E-state index contributed by atoms with van der Waals surface area (Å²) in [6.07, 6.45) is 3.82. The number of hydrogen-bond donors (Lipinski definition) is 4. The summed E-state index contributed by atoms with van der Waals surface area (Å²) in [5.74, 6) is -1.03. The van der Waals surface area contributed by atoms with Crippen LogP contribution in [-0.2, 0) is 19.1 Å². The first kappa shape index (κ1) is 24.5. The molecule has 194 valence electrons. The second-order valence-corrected chi connectivity index (χ2v) is 9.01. The van der Waals surface area contributed by atoms with Gasteiger partial charge in [-0.3, -0.25) is 9.48 Å². The minimum absolute atomic E-state index is 0.0882. The number of carbonyl (C=O) groups is 2. The Balaban J connectivity index is 1.32. The first-order chi connectivity index (χ1) is 18.1. The van der Waals surface area contributed by atoms with Gasteiger partial charge in [-0.25, -0.2) is 19.2 Å². The van der Waals surface area contributed by atoms with Crippen molar-refractivity contribution in [2.24, 2.45) is 7.05 Å². The van der Waals surface area contributed by atoms with Gasteiger partial charge in [-0.2, -0.15) is 10.1 Å². The molecule has 0 saturated heterocycles. The molecule has 0 aliphatic carbocycles. The van der Waals surface area contributed by atoms with Gasteiger partial charge in [0.25, 0.3) is 17.6 Å². The van der Waals surface area contributed by atoms with Gasteiger partial charge in [0.05, 0.1) is 17.3 Å². The molecule has 38 heavy (non-hydrogen) atoms. The number of aromatic nitrogens is 7. The maximum absolute atomic E-state index is 15.0. The highest BCUT2D eigenvalue weighted by atomic mass is 19.1. The topological polar surface area (TPSA) is 177 Å². The number of hydrogen-bond acceptors (Lipinski definition) is 8. The van der Waals surface area contributed by atoms with Gasteiger partial charge in [0, 0.05) is 37.1 Å². The van der Waals surface area contributed by atoms with E-state index in [2.05, 4.69) is 40.8 Å². The van der Waals surface area contributed by atoms with Gasteiger partial charge in [0.15, 0.2) is 5.65 Å². The van der Waals surface area contributed by atoms with Crippen LogP contribution in [0.2, 0.25) is 0 Å². The largest absolute Gasteiger partial charge is 0.465 e. The monoisotopic (exact) mass is 519 g/mol. The number of amides is 2. The molecule has 0 spiro atoms. The number of aryl methyl sites for hydroxylation is 1. The van der Waals surface area contributed by atoms with Gasteiger partial charge < -0.3 is 25.2 Å². The number of H-pyrrole nitrogens is 1. The van der Waals surface area contributed by atoms with E-state index in [1.165, 1.54) is 19.9 Å². The SMILES string of the molecule is Cn1cc(-c2nc3nccc(-c4ccc(CNC(=O)c5noc(C(C)(C)NC(=O)O)n5)c(F)c4)c3[nH]2)cn1. The number of halogens is 1. The van der Waals surface area contributed by atoms with Gasteiger partial charge >= 0.3 is 6.09 Å². The zero-order valence-electron chi connectivity index (χ0n) is 20.5. The number of carboxylic acid groups (broad SMARTS) is 1. The fourth-order valence-electron chi connectivity index (χ4n) is 3.83. The Morgan fingerprint density at radius 2 is 2.03 bits per heavy atom. The van der Waals surface area contributed by atoms with Crippen LogP contribution in [0.25, 0.3) is 33.7 Å². The van der Waals surface area contributed by atoms with Gasteiger partial charge in [-0.15, -0.1) is 0 Å². The zero-order valence-corrected chi connectivity index (χ0v) is 20.5. The van der Waals surface area contributed by atoms with Crippen LogP contribution in [-0.4, -0.2) is 52.0 Å². The lowest BCUT2D eigenvalue weighted by molar-refractivity contribution is 0.0937. The minimum atomic E-state index is -1.29. The van der Waals surface area contributed by atoms with E-state index in [1.807, 2.05) is 13.2 Å². The molecular formula is C24H22FN9O4. The van der Waals surface area contributed by atoms with Gasteiger partial charge in [-0.1, -0.05) is 17.3 Å². The average Bonchev–Trinajstić information content (AvgIpc) is 3.61. The molecular weight excluding hydrogens is 497 g/mol. The average molecular weight is 519 g/mol. The normalized spacial score (nSPS) is 11.6. The smallest absolute Gasteiger partial charge is 0.405 e. The molecule has 13 nitrogen and oxygen atoms in total. The lowest BCUT2D eigenvalue weighted by Gasteiger charge is -2.18. The molecule has 4 N–H and O–H groups in total. The van der Waals surface area contributed by atoms with Crippen molar-refractivity contribution in [3.63, 3.8) is 0 Å². The Morgan fingerprint density at radius 3 is 2.74 bits per heavy atom. The number of nitrogens with one attached hydrogen (secondary N) is 3. The molecule has 0 atom stereocenters. The highest BCUT2D eigenvalue weighted by molar-refractivity contribution is 5.92. The predicted octanol–water partition coefficient (Wildman–Crippen LogP) is 2.98. The van der Waals surface area contributed by atoms with E-state index in [4.69, 9.17) is 9.63 Å². The van der Waals surface area contributed by atoms with Crippen LogP contribution in [0, 0.1) is 5.82 Å². The third kappa shape index (κ3) is 4.78. The summed E-state index contributed by atoms with van der Waals surface area (Å²) in [5.41, 5.74) is 2.28. The fraction of sp³-hybridized carbons (Fsp3) is 0.208. The molecule has 0 bridgehead atoms. The van der Waals surface area contributed by atoms with Crippen molar-refractivity contribution in [3.8, 4) is 22.5 Å². The fourth-order valence-corrected chi connectivity index (χ4v) is 3.83. The second-order valence-electron chi connectivity index (χ2n) is 9.01. The Morgan fingerprint density at radius 1 is 1.21 bits per heavy atom. The highest BCUT2D eigenvalue weighted by Gasteiger charge is 2.30. The van der Waals surface area contributed by atoms with Crippen molar-refractivity contribution in [1.29, 1.82) is 0 Å². The van der Waals surface area contributed by atoms with Crippen LogP contribution in [0.3, 0.4) is 0 Å². The third-order valence-electron chi connectivity index (χ3n) is 5.76. The summed E-state index contributed by atoms with van der Waals surface area (Å²) < 4.78 is 21.7. The summed E-state index contributed by atoms with van der Waals surface area (Å²) >= 11 is 0. The molecule has 4 heterocycles. The highest BCUT2D eigenvalue weighted by Crippen LogP contribution is 2.29. The number of fused-ring (bicyclic) bond motifs is 1. The molecule has 0 unspecified atom stereocenters. The summed E-state index contributed by atoms with van der Waals surface area (Å²) in [6, 6.07) is 6.43. The summed E-state index contributed by atoms with van der Waals surface area (Å²) in [4.78, 5) is 39.4. The lowest BCUT2D eigenvalue weighted by Crippen LogP contribution is -2.40. The predicted molar refractivity (Wildman–Crippen MR) is 131 cm³/mol. The summed E-state index contributed by atoms with van der Waals surface area (Å²) in [6.45, 7) is 2.88. The van der Waals surface area contributed by atoms with Crippen molar-refractivity contribution in [1.82, 2.24) is 45.5 Å². The number of aromatic amines is 1. The molecule has 5 rings (SSSR count). The van der Waals surface area contributed by atoms with Gasteiger partial charge in [0.2, 0.25) is 0 Å². The zero-order chi connectivity index (χ0) is 27.0. The quantitative estimate of drug-likeness (QED) is 0.252. The molecule has 0 radical (unpaired) electrons. The van der Waals surface area contributed by atoms with E-state index < -0.39 is 23.4 Å². The van der Waals surface area contributed by atoms with Crippen LogP contribution >= 0.6 is 0 Å². The first-order valence-electron chi connectivity index (χ1n) is 11.4. The van der Waals surface area contributed by atoms with Gasteiger partial charge in [0.1, 0.15) is 17.2 Å². The second kappa shape index (κ2) is 9.38. The van der Waals surface area contributed by atoms with Crippen molar-refractivity contribution >= 4 is 23.2 Å². The van der Waals surface area contributed by atoms with Crippen molar-refractivity contribution < 1.29 is 23.6 Å². The van der Waals surface area contributed by atoms with Crippen LogP contribution < -0.4 is 10.6 Å². The maximum atomic E-state index is 15.0. The van der Waals surface area contributed by atoms with Crippen LogP contribution in [0.4, 0.5) is 9.18 Å². The Labute approximate surface area is 214 Å². The number of benzene rings is 1. The van der Waals surface area contributed by atoms with E-state index in [0.717, 1.165) is 5.56 Å². The Hall–Kier alpha value is -5.14. The summed E-state index contributed by atoms with van der Waals surface area (Å²) in [7, 11) is 1.81. The van der Waals surface area contributed by atoms with E-state index >= 15 is 4.39 Å². The molecule has 0 aliphatic heterocycles. The number of nitrogens with zero attached hydrogens (tertiary/aromatic N) is 6. The van der Waals surface area contributed by atoms with Crippen LogP contribution in [0.1, 0.15) is 35.9 Å². The molecule has 0 saturated carbocycles. The Kier molecular flexibility index (Phi) is 6.06. The van der Waals surface area contributed by atoms with Crippen LogP contribution in [0.5, 0.6) is 0 Å². The maximum Gasteiger partial charge on any atom is 0.405 e. The first-order valence-corrected chi connectivity index (χ1v) is 11.4. The number of imidazole rings is 1. The van der Waals surface area contributed by atoms with Gasteiger partial charge in [-0.05, 0) is 31.5 Å². The van der Waals surface area contributed by atoms with Crippen molar-refractivity contribution in [2.45, 2.75) is 25.9 Å². The number of carbonyl (C=O) groups excluding carboxylic acids is 1.